The van der Waals surface area contributed by atoms with Crippen LogP contribution in [0.15, 0.2) is 24.4 Å². The molecule has 92 valence electrons. The first-order chi connectivity index (χ1) is 8.47. The number of hydrogen-bond donors (Lipinski definition) is 1. The molecular weight excluding hydrogens is 240 g/mol. The second-order valence-electron chi connectivity index (χ2n) is 3.54. The molecule has 0 spiro atoms. The Kier molecular flexibility index (Phi) is 2.76. The minimum absolute atomic E-state index is 0.0515. The molecule has 0 aliphatic carbocycles. The van der Waals surface area contributed by atoms with E-state index in [0.717, 1.165) is 4.68 Å². The fourth-order valence-corrected chi connectivity index (χ4v) is 1.43. The van der Waals surface area contributed by atoms with E-state index in [2.05, 4.69) is 10.1 Å². The van der Waals surface area contributed by atoms with Crippen LogP contribution in [0.4, 0.5) is 5.82 Å². The zero-order chi connectivity index (χ0) is 13.3. The molecule has 18 heavy (non-hydrogen) atoms. The average molecular weight is 248 g/mol. The van der Waals surface area contributed by atoms with Gasteiger partial charge in [0.15, 0.2) is 5.82 Å². The maximum Gasteiger partial charge on any atom is 0.390 e. The van der Waals surface area contributed by atoms with Gasteiger partial charge in [0, 0.05) is 5.69 Å². The summed E-state index contributed by atoms with van der Waals surface area (Å²) in [5.41, 5.74) is 0.540. The maximum absolute atomic E-state index is 10.9. The predicted octanol–water partition coefficient (Wildman–Crippen LogP) is 1.18. The van der Waals surface area contributed by atoms with Gasteiger partial charge in [0.1, 0.15) is 0 Å². The minimum atomic E-state index is -1.09. The van der Waals surface area contributed by atoms with Gasteiger partial charge in [0.05, 0.1) is 22.9 Å². The van der Waals surface area contributed by atoms with Gasteiger partial charge in [-0.3, -0.25) is 0 Å². The van der Waals surface area contributed by atoms with Crippen LogP contribution in [0.2, 0.25) is 0 Å². The lowest BCUT2D eigenvalue weighted by Crippen LogP contribution is -2.05. The van der Waals surface area contributed by atoms with Crippen molar-refractivity contribution in [2.75, 3.05) is 0 Å². The van der Waals surface area contributed by atoms with E-state index in [0.29, 0.717) is 5.69 Å². The first-order valence-electron chi connectivity index (χ1n) is 4.90. The largest absolute Gasteiger partial charge is 0.478 e. The Morgan fingerprint density at radius 1 is 1.50 bits per heavy atom. The second-order valence-corrected chi connectivity index (χ2v) is 3.54. The summed E-state index contributed by atoms with van der Waals surface area (Å²) in [6.07, 6.45) is 1.35. The van der Waals surface area contributed by atoms with Crippen molar-refractivity contribution >= 4 is 11.8 Å². The van der Waals surface area contributed by atoms with Crippen LogP contribution in [0.5, 0.6) is 0 Å². The molecule has 8 heteroatoms. The average Bonchev–Trinajstić information content (AvgIpc) is 2.77. The van der Waals surface area contributed by atoms with Crippen molar-refractivity contribution in [3.05, 3.63) is 45.8 Å². The molecule has 1 N–H and O–H groups in total. The van der Waals surface area contributed by atoms with Gasteiger partial charge in [-0.2, -0.15) is 0 Å². The molecule has 0 saturated heterocycles. The summed E-state index contributed by atoms with van der Waals surface area (Å²) in [5, 5.41) is 23.1. The van der Waals surface area contributed by atoms with Gasteiger partial charge in [0.25, 0.3) is 0 Å². The van der Waals surface area contributed by atoms with Crippen LogP contribution in [0.3, 0.4) is 0 Å². The van der Waals surface area contributed by atoms with E-state index in [1.807, 2.05) is 0 Å². The van der Waals surface area contributed by atoms with Crippen LogP contribution in [0.25, 0.3) is 5.82 Å². The van der Waals surface area contributed by atoms with Crippen molar-refractivity contribution < 1.29 is 14.8 Å². The summed E-state index contributed by atoms with van der Waals surface area (Å²) >= 11 is 0. The normalized spacial score (nSPS) is 10.3. The lowest BCUT2D eigenvalue weighted by atomic mass is 10.2. The van der Waals surface area contributed by atoms with Crippen LogP contribution in [-0.4, -0.2) is 30.8 Å². The van der Waals surface area contributed by atoms with Crippen molar-refractivity contribution in [1.29, 1.82) is 0 Å². The van der Waals surface area contributed by atoms with Gasteiger partial charge < -0.3 is 15.2 Å². The van der Waals surface area contributed by atoms with Gasteiger partial charge in [-0.25, -0.2) is 9.78 Å². The van der Waals surface area contributed by atoms with Crippen LogP contribution in [-0.2, 0) is 0 Å². The Morgan fingerprint density at radius 2 is 2.22 bits per heavy atom. The van der Waals surface area contributed by atoms with Crippen molar-refractivity contribution in [2.24, 2.45) is 0 Å². The fourth-order valence-electron chi connectivity index (χ4n) is 1.43. The smallest absolute Gasteiger partial charge is 0.390 e. The van der Waals surface area contributed by atoms with Crippen LogP contribution in [0, 0.1) is 17.0 Å². The van der Waals surface area contributed by atoms with Gasteiger partial charge in [-0.05, 0) is 24.0 Å². The molecule has 0 radical (unpaired) electrons. The molecule has 0 fully saturated rings. The van der Waals surface area contributed by atoms with Gasteiger partial charge in [0.2, 0.25) is 0 Å². The molecule has 0 unspecified atom stereocenters. The highest BCUT2D eigenvalue weighted by atomic mass is 16.6. The number of rotatable bonds is 3. The monoisotopic (exact) mass is 248 g/mol. The number of aromatic nitrogens is 3. The summed E-state index contributed by atoms with van der Waals surface area (Å²) in [6.45, 7) is 1.63. The molecule has 2 aromatic rings. The predicted molar refractivity (Wildman–Crippen MR) is 59.7 cm³/mol. The molecule has 0 saturated carbocycles. The molecule has 0 bridgehead atoms. The van der Waals surface area contributed by atoms with Crippen LogP contribution in [0.1, 0.15) is 16.1 Å². The highest BCUT2D eigenvalue weighted by Gasteiger charge is 2.15. The Balaban J connectivity index is 2.49. The molecule has 2 heterocycles. The third-order valence-electron chi connectivity index (χ3n) is 2.18. The zero-order valence-electron chi connectivity index (χ0n) is 9.27. The van der Waals surface area contributed by atoms with Crippen molar-refractivity contribution in [1.82, 2.24) is 14.8 Å². The SMILES string of the molecule is Cc1cc(C(=O)O)cc(-n2ccc([N+](=O)[O-])n2)n1. The lowest BCUT2D eigenvalue weighted by molar-refractivity contribution is -0.389. The van der Waals surface area contributed by atoms with E-state index in [4.69, 9.17) is 5.11 Å². The van der Waals surface area contributed by atoms with E-state index in [-0.39, 0.29) is 17.2 Å². The molecular formula is C10H8N4O4. The van der Waals surface area contributed by atoms with Crippen molar-refractivity contribution in [2.45, 2.75) is 6.92 Å². The molecule has 2 aromatic heterocycles. The molecule has 0 aromatic carbocycles. The number of aromatic carboxylic acids is 1. The Morgan fingerprint density at radius 3 is 2.78 bits per heavy atom. The third kappa shape index (κ3) is 2.17. The van der Waals surface area contributed by atoms with E-state index in [9.17, 15) is 14.9 Å². The van der Waals surface area contributed by atoms with E-state index in [1.165, 1.54) is 24.4 Å². The Hall–Kier alpha value is -2.77. The molecule has 0 amide bonds. The Bertz CT molecular complexity index is 635. The van der Waals surface area contributed by atoms with Gasteiger partial charge in [-0.15, -0.1) is 4.68 Å². The van der Waals surface area contributed by atoms with E-state index < -0.39 is 10.9 Å². The molecule has 2 rings (SSSR count). The van der Waals surface area contributed by atoms with Crippen LogP contribution >= 0.6 is 0 Å². The second kappa shape index (κ2) is 4.24. The Labute approximate surface area is 101 Å². The lowest BCUT2D eigenvalue weighted by Gasteiger charge is -2.01. The quantitative estimate of drug-likeness (QED) is 0.644. The van der Waals surface area contributed by atoms with Gasteiger partial charge >= 0.3 is 11.8 Å². The van der Waals surface area contributed by atoms with Gasteiger partial charge in [-0.1, -0.05) is 0 Å². The van der Waals surface area contributed by atoms with E-state index in [1.54, 1.807) is 6.92 Å². The number of pyridine rings is 1. The van der Waals surface area contributed by atoms with Crippen molar-refractivity contribution in [3.8, 4) is 5.82 Å². The summed E-state index contributed by atoms with van der Waals surface area (Å²) in [6, 6.07) is 3.92. The summed E-state index contributed by atoms with van der Waals surface area (Å²) in [7, 11) is 0. The molecule has 0 aliphatic heterocycles. The maximum atomic E-state index is 10.9. The fraction of sp³-hybridized carbons (Fsp3) is 0.100. The summed E-state index contributed by atoms with van der Waals surface area (Å²) < 4.78 is 1.16. The highest BCUT2D eigenvalue weighted by molar-refractivity contribution is 5.88. The summed E-state index contributed by atoms with van der Waals surface area (Å²) in [5.74, 6) is -1.20. The molecule has 0 atom stereocenters. The number of carboxylic acids is 1. The number of carboxylic acid groups (broad SMARTS) is 1. The van der Waals surface area contributed by atoms with Crippen LogP contribution < -0.4 is 0 Å². The third-order valence-corrected chi connectivity index (χ3v) is 2.18. The first kappa shape index (κ1) is 11.7. The number of hydrogen-bond acceptors (Lipinski definition) is 5. The first-order valence-corrected chi connectivity index (χ1v) is 4.90. The number of nitrogens with zero attached hydrogens (tertiary/aromatic N) is 4. The highest BCUT2D eigenvalue weighted by Crippen LogP contribution is 2.13. The molecule has 0 aliphatic rings. The van der Waals surface area contributed by atoms with E-state index >= 15 is 0 Å². The standard InChI is InChI=1S/C10H8N4O4/c1-6-4-7(10(15)16)5-9(11-6)13-3-2-8(12-13)14(17)18/h2-5H,1H3,(H,15,16). The molecule has 8 nitrogen and oxygen atoms in total. The summed E-state index contributed by atoms with van der Waals surface area (Å²) in [4.78, 5) is 24.8. The number of nitro groups is 1. The zero-order valence-corrected chi connectivity index (χ0v) is 9.27. The number of aryl methyl sites for hydroxylation is 1. The number of carbonyl (C=O) groups is 1. The topological polar surface area (TPSA) is 111 Å². The van der Waals surface area contributed by atoms with Crippen molar-refractivity contribution in [3.63, 3.8) is 0 Å². The minimum Gasteiger partial charge on any atom is -0.478 e.